The first-order valence-corrected chi connectivity index (χ1v) is 8.30. The van der Waals surface area contributed by atoms with Gasteiger partial charge in [0, 0.05) is 30.1 Å². The van der Waals surface area contributed by atoms with Crippen LogP contribution in [0.4, 0.5) is 5.82 Å². The number of anilines is 1. The van der Waals surface area contributed by atoms with E-state index in [0.29, 0.717) is 11.3 Å². The molecule has 0 bridgehead atoms. The third-order valence-electron chi connectivity index (χ3n) is 3.62. The third-order valence-corrected chi connectivity index (χ3v) is 5.31. The molecule has 0 saturated carbocycles. The van der Waals surface area contributed by atoms with E-state index in [-0.39, 0.29) is 0 Å². The minimum atomic E-state index is 0.513. The summed E-state index contributed by atoms with van der Waals surface area (Å²) in [4.78, 5) is 7.14. The SMILES string of the molecule is CCNCc1nc(N2CCSC(C)C2C)ccc1Cl. The maximum atomic E-state index is 6.21. The van der Waals surface area contributed by atoms with E-state index in [1.54, 1.807) is 0 Å². The van der Waals surface area contributed by atoms with Crippen molar-refractivity contribution in [2.45, 2.75) is 38.6 Å². The molecule has 0 aromatic carbocycles. The zero-order valence-corrected chi connectivity index (χ0v) is 13.4. The molecule has 106 valence electrons. The number of nitrogens with zero attached hydrogens (tertiary/aromatic N) is 2. The van der Waals surface area contributed by atoms with E-state index in [1.807, 2.05) is 23.9 Å². The molecular formula is C14H22ClN3S. The Hall–Kier alpha value is -0.450. The van der Waals surface area contributed by atoms with Gasteiger partial charge in [0.1, 0.15) is 5.82 Å². The first-order valence-electron chi connectivity index (χ1n) is 6.88. The van der Waals surface area contributed by atoms with Crippen molar-refractivity contribution in [3.63, 3.8) is 0 Å². The molecule has 1 saturated heterocycles. The van der Waals surface area contributed by atoms with E-state index >= 15 is 0 Å². The summed E-state index contributed by atoms with van der Waals surface area (Å²) in [5.74, 6) is 2.22. The second kappa shape index (κ2) is 6.82. The molecule has 1 aromatic heterocycles. The van der Waals surface area contributed by atoms with Crippen molar-refractivity contribution in [3.05, 3.63) is 22.8 Å². The Kier molecular flexibility index (Phi) is 5.37. The summed E-state index contributed by atoms with van der Waals surface area (Å²) in [6.07, 6.45) is 0. The fourth-order valence-electron chi connectivity index (χ4n) is 2.26. The number of nitrogens with one attached hydrogen (secondary N) is 1. The van der Waals surface area contributed by atoms with E-state index in [9.17, 15) is 0 Å². The molecular weight excluding hydrogens is 278 g/mol. The van der Waals surface area contributed by atoms with Gasteiger partial charge < -0.3 is 10.2 Å². The highest BCUT2D eigenvalue weighted by Crippen LogP contribution is 2.29. The number of pyridine rings is 1. The zero-order valence-electron chi connectivity index (χ0n) is 11.8. The van der Waals surface area contributed by atoms with Gasteiger partial charge in [-0.2, -0.15) is 11.8 Å². The molecule has 0 radical (unpaired) electrons. The summed E-state index contributed by atoms with van der Waals surface area (Å²) in [7, 11) is 0. The van der Waals surface area contributed by atoms with Crippen molar-refractivity contribution in [2.75, 3.05) is 23.7 Å². The molecule has 0 spiro atoms. The standard InChI is InChI=1S/C14H22ClN3S/c1-4-16-9-13-12(15)5-6-14(17-13)18-7-8-19-11(3)10(18)2/h5-6,10-11,16H,4,7-9H2,1-3H3. The van der Waals surface area contributed by atoms with Gasteiger partial charge in [0.2, 0.25) is 0 Å². The van der Waals surface area contributed by atoms with Crippen molar-refractivity contribution in [2.24, 2.45) is 0 Å². The molecule has 2 rings (SSSR count). The van der Waals surface area contributed by atoms with Gasteiger partial charge in [-0.05, 0) is 25.6 Å². The van der Waals surface area contributed by atoms with E-state index in [2.05, 4.69) is 31.0 Å². The number of hydrogen-bond acceptors (Lipinski definition) is 4. The lowest BCUT2D eigenvalue weighted by atomic mass is 10.2. The van der Waals surface area contributed by atoms with E-state index in [4.69, 9.17) is 16.6 Å². The summed E-state index contributed by atoms with van der Waals surface area (Å²) < 4.78 is 0. The number of thioether (sulfide) groups is 1. The van der Waals surface area contributed by atoms with E-state index in [1.165, 1.54) is 5.75 Å². The second-order valence-corrected chi connectivity index (χ2v) is 6.78. The Bertz CT molecular complexity index is 427. The molecule has 5 heteroatoms. The Morgan fingerprint density at radius 2 is 2.26 bits per heavy atom. The molecule has 1 aliphatic rings. The van der Waals surface area contributed by atoms with Gasteiger partial charge in [-0.15, -0.1) is 0 Å². The summed E-state index contributed by atoms with van der Waals surface area (Å²) in [6.45, 7) is 9.37. The van der Waals surface area contributed by atoms with Gasteiger partial charge in [-0.25, -0.2) is 4.98 Å². The normalized spacial score (nSPS) is 23.7. The van der Waals surface area contributed by atoms with Crippen LogP contribution in [0, 0.1) is 0 Å². The van der Waals surface area contributed by atoms with Gasteiger partial charge in [0.25, 0.3) is 0 Å². The Balaban J connectivity index is 2.19. The number of halogens is 1. The minimum Gasteiger partial charge on any atom is -0.352 e. The highest BCUT2D eigenvalue weighted by Gasteiger charge is 2.26. The van der Waals surface area contributed by atoms with Crippen molar-refractivity contribution in [1.82, 2.24) is 10.3 Å². The monoisotopic (exact) mass is 299 g/mol. The highest BCUT2D eigenvalue weighted by molar-refractivity contribution is 8.00. The lowest BCUT2D eigenvalue weighted by molar-refractivity contribution is 0.617. The van der Waals surface area contributed by atoms with Crippen molar-refractivity contribution in [1.29, 1.82) is 0 Å². The highest BCUT2D eigenvalue weighted by atomic mass is 35.5. The quantitative estimate of drug-likeness (QED) is 0.924. The van der Waals surface area contributed by atoms with Gasteiger partial charge in [0.05, 0.1) is 10.7 Å². The van der Waals surface area contributed by atoms with Crippen LogP contribution in [0.25, 0.3) is 0 Å². The van der Waals surface area contributed by atoms with Crippen molar-refractivity contribution < 1.29 is 0 Å². The largest absolute Gasteiger partial charge is 0.352 e. The van der Waals surface area contributed by atoms with Gasteiger partial charge in [-0.1, -0.05) is 25.4 Å². The molecule has 3 nitrogen and oxygen atoms in total. The predicted molar refractivity (Wildman–Crippen MR) is 85.4 cm³/mol. The molecule has 1 N–H and O–H groups in total. The first-order chi connectivity index (χ1) is 9.13. The Labute approximate surface area is 125 Å². The maximum Gasteiger partial charge on any atom is 0.129 e. The van der Waals surface area contributed by atoms with Gasteiger partial charge in [0.15, 0.2) is 0 Å². The van der Waals surface area contributed by atoms with Gasteiger partial charge >= 0.3 is 0 Å². The molecule has 19 heavy (non-hydrogen) atoms. The van der Waals surface area contributed by atoms with Crippen LogP contribution in [-0.4, -0.2) is 35.1 Å². The predicted octanol–water partition coefficient (Wildman–Crippen LogP) is 3.17. The number of hydrogen-bond donors (Lipinski definition) is 1. The van der Waals surface area contributed by atoms with E-state index < -0.39 is 0 Å². The first kappa shape index (κ1) is 14.9. The van der Waals surface area contributed by atoms with Crippen LogP contribution in [0.15, 0.2) is 12.1 Å². The summed E-state index contributed by atoms with van der Waals surface area (Å²) in [5.41, 5.74) is 0.944. The Morgan fingerprint density at radius 3 is 3.00 bits per heavy atom. The zero-order chi connectivity index (χ0) is 13.8. The van der Waals surface area contributed by atoms with Crippen LogP contribution in [-0.2, 0) is 6.54 Å². The Morgan fingerprint density at radius 1 is 1.47 bits per heavy atom. The molecule has 0 amide bonds. The minimum absolute atomic E-state index is 0.513. The molecule has 2 heterocycles. The molecule has 0 aliphatic carbocycles. The molecule has 1 aliphatic heterocycles. The molecule has 1 fully saturated rings. The average molecular weight is 300 g/mol. The van der Waals surface area contributed by atoms with E-state index in [0.717, 1.165) is 36.2 Å². The summed E-state index contributed by atoms with van der Waals surface area (Å²) >= 11 is 8.25. The second-order valence-electron chi connectivity index (χ2n) is 4.89. The summed E-state index contributed by atoms with van der Waals surface area (Å²) in [5, 5.41) is 4.68. The molecule has 1 aromatic rings. The van der Waals surface area contributed by atoms with Crippen LogP contribution < -0.4 is 10.2 Å². The third kappa shape index (κ3) is 3.56. The number of rotatable bonds is 4. The van der Waals surface area contributed by atoms with Crippen LogP contribution >= 0.6 is 23.4 Å². The lowest BCUT2D eigenvalue weighted by Gasteiger charge is -2.38. The average Bonchev–Trinajstić information content (AvgIpc) is 2.41. The molecule has 2 unspecified atom stereocenters. The molecule has 2 atom stereocenters. The van der Waals surface area contributed by atoms with Crippen LogP contribution in [0.2, 0.25) is 5.02 Å². The van der Waals surface area contributed by atoms with Crippen LogP contribution in [0.1, 0.15) is 26.5 Å². The maximum absolute atomic E-state index is 6.21. The van der Waals surface area contributed by atoms with Crippen molar-refractivity contribution in [3.8, 4) is 0 Å². The van der Waals surface area contributed by atoms with Crippen LogP contribution in [0.3, 0.4) is 0 Å². The van der Waals surface area contributed by atoms with Gasteiger partial charge in [-0.3, -0.25) is 0 Å². The van der Waals surface area contributed by atoms with Crippen LogP contribution in [0.5, 0.6) is 0 Å². The fraction of sp³-hybridized carbons (Fsp3) is 0.643. The number of aromatic nitrogens is 1. The topological polar surface area (TPSA) is 28.2 Å². The fourth-order valence-corrected chi connectivity index (χ4v) is 3.53. The lowest BCUT2D eigenvalue weighted by Crippen LogP contribution is -2.45. The summed E-state index contributed by atoms with van der Waals surface area (Å²) in [6, 6.07) is 4.52. The van der Waals surface area contributed by atoms with Crippen molar-refractivity contribution >= 4 is 29.2 Å². The smallest absolute Gasteiger partial charge is 0.129 e.